The van der Waals surface area contributed by atoms with Gasteiger partial charge in [-0.2, -0.15) is 10.2 Å². The summed E-state index contributed by atoms with van der Waals surface area (Å²) in [5, 5.41) is 15.6. The minimum absolute atomic E-state index is 0.581. The lowest BCUT2D eigenvalue weighted by atomic mass is 10.1. The molecule has 1 aliphatic heterocycles. The van der Waals surface area contributed by atoms with E-state index < -0.39 is 0 Å². The van der Waals surface area contributed by atoms with Gasteiger partial charge in [-0.05, 0) is 31.5 Å². The number of H-pyrrole nitrogens is 2. The number of rotatable bonds is 4. The normalized spacial score (nSPS) is 15.5. The van der Waals surface area contributed by atoms with E-state index in [0.29, 0.717) is 6.04 Å². The molecule has 1 saturated heterocycles. The van der Waals surface area contributed by atoms with Crippen molar-refractivity contribution in [2.75, 3.05) is 31.1 Å². The number of hydrogen-bond acceptors (Lipinski definition) is 6. The van der Waals surface area contributed by atoms with Gasteiger partial charge in [0.1, 0.15) is 17.8 Å². The molecule has 0 saturated carbocycles. The van der Waals surface area contributed by atoms with E-state index in [1.54, 1.807) is 6.33 Å². The SMILES string of the molecule is CC(C)N1CCN(c2cc(-c3n[nH]c4ccc(-c5cn[nH]c5)cc34)ncn2)CC1. The standard InChI is InChI=1S/C21H24N8/c1-14(2)28-5-7-29(8-6-28)20-10-19(22-13-23-20)21-17-9-15(16-11-24-25-12-16)3-4-18(17)26-27-21/h3-4,9-14H,5-8H2,1-2H3,(H,24,25)(H,26,27). The van der Waals surface area contributed by atoms with Crippen molar-refractivity contribution in [3.63, 3.8) is 0 Å². The number of benzene rings is 1. The molecule has 4 heterocycles. The number of aromatic amines is 2. The molecule has 8 nitrogen and oxygen atoms in total. The first kappa shape index (κ1) is 17.8. The second-order valence-electron chi connectivity index (χ2n) is 7.70. The highest BCUT2D eigenvalue weighted by Gasteiger charge is 2.21. The smallest absolute Gasteiger partial charge is 0.132 e. The number of hydrogen-bond donors (Lipinski definition) is 2. The largest absolute Gasteiger partial charge is 0.354 e. The van der Waals surface area contributed by atoms with Gasteiger partial charge in [-0.3, -0.25) is 15.1 Å². The zero-order valence-corrected chi connectivity index (χ0v) is 16.6. The van der Waals surface area contributed by atoms with Gasteiger partial charge in [0.05, 0.1) is 17.4 Å². The van der Waals surface area contributed by atoms with Crippen molar-refractivity contribution in [1.29, 1.82) is 0 Å². The van der Waals surface area contributed by atoms with Crippen LogP contribution in [0.2, 0.25) is 0 Å². The maximum absolute atomic E-state index is 4.54. The topological polar surface area (TPSA) is 89.6 Å². The maximum atomic E-state index is 4.54. The molecule has 2 N–H and O–H groups in total. The molecule has 0 unspecified atom stereocenters. The third-order valence-corrected chi connectivity index (χ3v) is 5.66. The lowest BCUT2D eigenvalue weighted by molar-refractivity contribution is 0.209. The Morgan fingerprint density at radius 2 is 1.86 bits per heavy atom. The van der Waals surface area contributed by atoms with Gasteiger partial charge in [0.25, 0.3) is 0 Å². The van der Waals surface area contributed by atoms with Gasteiger partial charge in [-0.25, -0.2) is 9.97 Å². The van der Waals surface area contributed by atoms with Gasteiger partial charge in [0, 0.05) is 55.4 Å². The van der Waals surface area contributed by atoms with Crippen LogP contribution in [0.1, 0.15) is 13.8 Å². The Kier molecular flexibility index (Phi) is 4.48. The molecular weight excluding hydrogens is 364 g/mol. The predicted octanol–water partition coefficient (Wildman–Crippen LogP) is 2.94. The van der Waals surface area contributed by atoms with Crippen LogP contribution in [-0.2, 0) is 0 Å². The molecule has 1 aromatic carbocycles. The van der Waals surface area contributed by atoms with E-state index >= 15 is 0 Å². The molecule has 29 heavy (non-hydrogen) atoms. The molecule has 0 aliphatic carbocycles. The van der Waals surface area contributed by atoms with E-state index in [-0.39, 0.29) is 0 Å². The summed E-state index contributed by atoms with van der Waals surface area (Å²) in [5.41, 5.74) is 4.79. The van der Waals surface area contributed by atoms with Gasteiger partial charge in [-0.15, -0.1) is 0 Å². The highest BCUT2D eigenvalue weighted by molar-refractivity contribution is 5.95. The summed E-state index contributed by atoms with van der Waals surface area (Å²) in [6.07, 6.45) is 5.35. The Balaban J connectivity index is 1.46. The van der Waals surface area contributed by atoms with E-state index in [1.807, 2.05) is 24.5 Å². The van der Waals surface area contributed by atoms with Crippen LogP contribution in [0.25, 0.3) is 33.4 Å². The monoisotopic (exact) mass is 388 g/mol. The molecule has 1 fully saturated rings. The Morgan fingerprint density at radius 1 is 1.00 bits per heavy atom. The molecule has 0 radical (unpaired) electrons. The van der Waals surface area contributed by atoms with Crippen LogP contribution >= 0.6 is 0 Å². The average Bonchev–Trinajstić information content (AvgIpc) is 3.43. The molecule has 3 aromatic heterocycles. The Bertz CT molecular complexity index is 1110. The van der Waals surface area contributed by atoms with Crippen molar-refractivity contribution < 1.29 is 0 Å². The van der Waals surface area contributed by atoms with Crippen LogP contribution in [0.15, 0.2) is 43.0 Å². The third-order valence-electron chi connectivity index (χ3n) is 5.66. The van der Waals surface area contributed by atoms with Crippen molar-refractivity contribution in [3.05, 3.63) is 43.0 Å². The zero-order valence-electron chi connectivity index (χ0n) is 16.6. The lowest BCUT2D eigenvalue weighted by Gasteiger charge is -2.37. The molecule has 0 spiro atoms. The summed E-state index contributed by atoms with van der Waals surface area (Å²) in [6, 6.07) is 8.86. The third kappa shape index (κ3) is 3.36. The summed E-state index contributed by atoms with van der Waals surface area (Å²) in [7, 11) is 0. The van der Waals surface area contributed by atoms with Crippen LogP contribution in [-0.4, -0.2) is 67.5 Å². The molecule has 8 heteroatoms. The van der Waals surface area contributed by atoms with Gasteiger partial charge in [0.15, 0.2) is 0 Å². The van der Waals surface area contributed by atoms with Crippen molar-refractivity contribution >= 4 is 16.7 Å². The first-order valence-electron chi connectivity index (χ1n) is 9.98. The zero-order chi connectivity index (χ0) is 19.8. The highest BCUT2D eigenvalue weighted by Crippen LogP contribution is 2.30. The summed E-state index contributed by atoms with van der Waals surface area (Å²) in [5.74, 6) is 0.959. The molecule has 0 bridgehead atoms. The second-order valence-corrected chi connectivity index (χ2v) is 7.70. The minimum Gasteiger partial charge on any atom is -0.354 e. The molecule has 4 aromatic rings. The van der Waals surface area contributed by atoms with E-state index in [1.165, 1.54) is 0 Å². The van der Waals surface area contributed by atoms with Crippen molar-refractivity contribution in [2.45, 2.75) is 19.9 Å². The molecular formula is C21H24N8. The Morgan fingerprint density at radius 3 is 2.62 bits per heavy atom. The van der Waals surface area contributed by atoms with Gasteiger partial charge in [-0.1, -0.05) is 6.07 Å². The van der Waals surface area contributed by atoms with Crippen LogP contribution < -0.4 is 4.90 Å². The number of aromatic nitrogens is 6. The van der Waals surface area contributed by atoms with Crippen molar-refractivity contribution in [3.8, 4) is 22.5 Å². The van der Waals surface area contributed by atoms with Crippen LogP contribution in [0.4, 0.5) is 5.82 Å². The van der Waals surface area contributed by atoms with E-state index in [2.05, 4.69) is 66.1 Å². The number of anilines is 1. The average molecular weight is 388 g/mol. The molecule has 1 aliphatic rings. The Hall–Kier alpha value is -3.26. The minimum atomic E-state index is 0.581. The first-order valence-corrected chi connectivity index (χ1v) is 9.98. The molecule has 0 amide bonds. The Labute approximate surface area is 169 Å². The molecule has 148 valence electrons. The number of piperazine rings is 1. The van der Waals surface area contributed by atoms with Gasteiger partial charge >= 0.3 is 0 Å². The van der Waals surface area contributed by atoms with Crippen molar-refractivity contribution in [2.24, 2.45) is 0 Å². The first-order chi connectivity index (χ1) is 14.2. The number of nitrogens with one attached hydrogen (secondary N) is 2. The van der Waals surface area contributed by atoms with Crippen LogP contribution in [0.3, 0.4) is 0 Å². The number of nitrogens with zero attached hydrogens (tertiary/aromatic N) is 6. The van der Waals surface area contributed by atoms with E-state index in [9.17, 15) is 0 Å². The summed E-state index contributed by atoms with van der Waals surface area (Å²) < 4.78 is 0. The summed E-state index contributed by atoms with van der Waals surface area (Å²) in [6.45, 7) is 8.55. The molecule has 0 atom stereocenters. The van der Waals surface area contributed by atoms with Crippen LogP contribution in [0, 0.1) is 0 Å². The highest BCUT2D eigenvalue weighted by atomic mass is 15.3. The predicted molar refractivity (Wildman–Crippen MR) is 114 cm³/mol. The quantitative estimate of drug-likeness (QED) is 0.559. The summed E-state index contributed by atoms with van der Waals surface area (Å²) >= 11 is 0. The van der Waals surface area contributed by atoms with Gasteiger partial charge in [0.2, 0.25) is 0 Å². The second kappa shape index (κ2) is 7.29. The van der Waals surface area contributed by atoms with E-state index in [4.69, 9.17) is 0 Å². The fourth-order valence-electron chi connectivity index (χ4n) is 3.91. The number of fused-ring (bicyclic) bond motifs is 1. The van der Waals surface area contributed by atoms with Gasteiger partial charge < -0.3 is 4.90 Å². The lowest BCUT2D eigenvalue weighted by Crippen LogP contribution is -2.49. The fourth-order valence-corrected chi connectivity index (χ4v) is 3.91. The van der Waals surface area contributed by atoms with Crippen molar-refractivity contribution in [1.82, 2.24) is 35.3 Å². The van der Waals surface area contributed by atoms with Crippen LogP contribution in [0.5, 0.6) is 0 Å². The fraction of sp³-hybridized carbons (Fsp3) is 0.333. The van der Waals surface area contributed by atoms with E-state index in [0.717, 1.165) is 65.4 Å². The molecule has 5 rings (SSSR count). The summed E-state index contributed by atoms with van der Waals surface area (Å²) in [4.78, 5) is 13.9. The maximum Gasteiger partial charge on any atom is 0.132 e.